The minimum Gasteiger partial charge on any atom is -0.354 e. The molecule has 134 valence electrons. The van der Waals surface area contributed by atoms with Crippen molar-refractivity contribution in [3.8, 4) is 0 Å². The van der Waals surface area contributed by atoms with Crippen molar-refractivity contribution in [2.45, 2.75) is 38.0 Å². The molecule has 0 spiro atoms. The third-order valence-corrected chi connectivity index (χ3v) is 5.08. The molecule has 2 aliphatic rings. The van der Waals surface area contributed by atoms with Gasteiger partial charge >= 0.3 is 0 Å². The van der Waals surface area contributed by atoms with E-state index in [1.165, 1.54) is 0 Å². The van der Waals surface area contributed by atoms with Crippen molar-refractivity contribution in [3.63, 3.8) is 0 Å². The van der Waals surface area contributed by atoms with E-state index in [-0.39, 0.29) is 30.2 Å². The molecule has 1 N–H and O–H groups in total. The van der Waals surface area contributed by atoms with Crippen molar-refractivity contribution in [1.29, 1.82) is 0 Å². The summed E-state index contributed by atoms with van der Waals surface area (Å²) in [5.41, 5.74) is 1.98. The van der Waals surface area contributed by atoms with Crippen molar-refractivity contribution in [2.75, 3.05) is 31.6 Å². The summed E-state index contributed by atoms with van der Waals surface area (Å²) in [5.74, 6) is -0.0593. The van der Waals surface area contributed by atoms with Crippen LogP contribution in [0.5, 0.6) is 0 Å². The van der Waals surface area contributed by atoms with Gasteiger partial charge in [0.2, 0.25) is 17.7 Å². The lowest BCUT2D eigenvalue weighted by atomic mass is 9.89. The van der Waals surface area contributed by atoms with Crippen LogP contribution in [0.15, 0.2) is 24.3 Å². The summed E-state index contributed by atoms with van der Waals surface area (Å²) < 4.78 is 0. The zero-order chi connectivity index (χ0) is 17.8. The summed E-state index contributed by atoms with van der Waals surface area (Å²) in [6.07, 6.45) is 3.82. The van der Waals surface area contributed by atoms with Gasteiger partial charge in [-0.15, -0.1) is 0 Å². The molecule has 1 atom stereocenters. The monoisotopic (exact) mass is 343 g/mol. The van der Waals surface area contributed by atoms with Crippen LogP contribution in [0.3, 0.4) is 0 Å². The first-order valence-corrected chi connectivity index (χ1v) is 8.96. The zero-order valence-corrected chi connectivity index (χ0v) is 14.7. The van der Waals surface area contributed by atoms with Gasteiger partial charge < -0.3 is 15.1 Å². The van der Waals surface area contributed by atoms with E-state index in [4.69, 9.17) is 0 Å². The van der Waals surface area contributed by atoms with Crippen molar-refractivity contribution in [2.24, 2.45) is 0 Å². The fourth-order valence-corrected chi connectivity index (χ4v) is 3.58. The molecule has 0 bridgehead atoms. The van der Waals surface area contributed by atoms with E-state index in [2.05, 4.69) is 5.32 Å². The van der Waals surface area contributed by atoms with Crippen LogP contribution in [0.2, 0.25) is 0 Å². The number of benzene rings is 1. The minimum atomic E-state index is -0.154. The Balaban J connectivity index is 1.59. The number of fused-ring (bicyclic) bond motifs is 1. The van der Waals surface area contributed by atoms with Gasteiger partial charge in [0.1, 0.15) is 0 Å². The topological polar surface area (TPSA) is 69.7 Å². The van der Waals surface area contributed by atoms with E-state index >= 15 is 0 Å². The van der Waals surface area contributed by atoms with E-state index in [1.807, 2.05) is 24.3 Å². The average molecular weight is 343 g/mol. The fourth-order valence-electron chi connectivity index (χ4n) is 3.58. The zero-order valence-electron chi connectivity index (χ0n) is 14.7. The molecule has 0 aliphatic carbocycles. The van der Waals surface area contributed by atoms with Crippen LogP contribution < -0.4 is 10.2 Å². The maximum atomic E-state index is 12.3. The molecule has 0 unspecified atom stereocenters. The number of nitrogens with one attached hydrogen (secondary N) is 1. The second-order valence-electron chi connectivity index (χ2n) is 6.84. The second kappa shape index (κ2) is 7.68. The molecular formula is C19H25N3O3. The molecule has 3 amide bonds. The number of para-hydroxylation sites is 1. The summed E-state index contributed by atoms with van der Waals surface area (Å²) in [5, 5.41) is 2.91. The first-order chi connectivity index (χ1) is 12.1. The maximum absolute atomic E-state index is 12.3. The van der Waals surface area contributed by atoms with Gasteiger partial charge in [0.15, 0.2) is 0 Å². The number of hydrogen-bond donors (Lipinski definition) is 1. The molecule has 3 rings (SSSR count). The number of anilines is 1. The lowest BCUT2D eigenvalue weighted by Crippen LogP contribution is -2.43. The van der Waals surface area contributed by atoms with E-state index in [0.717, 1.165) is 30.5 Å². The van der Waals surface area contributed by atoms with Crippen LogP contribution in [0.1, 0.15) is 43.6 Å². The molecule has 0 aromatic heterocycles. The van der Waals surface area contributed by atoms with Crippen molar-refractivity contribution < 1.29 is 14.4 Å². The molecule has 1 aromatic carbocycles. The van der Waals surface area contributed by atoms with Crippen LogP contribution in [0, 0.1) is 0 Å². The van der Waals surface area contributed by atoms with Gasteiger partial charge in [-0.05, 0) is 24.5 Å². The Morgan fingerprint density at radius 1 is 1.16 bits per heavy atom. The number of amides is 3. The molecular weight excluding hydrogens is 318 g/mol. The largest absolute Gasteiger partial charge is 0.354 e. The van der Waals surface area contributed by atoms with Crippen LogP contribution in [-0.4, -0.2) is 49.3 Å². The van der Waals surface area contributed by atoms with E-state index in [9.17, 15) is 14.4 Å². The van der Waals surface area contributed by atoms with Gasteiger partial charge in [0, 0.05) is 44.6 Å². The van der Waals surface area contributed by atoms with Gasteiger partial charge in [0.05, 0.1) is 6.54 Å². The summed E-state index contributed by atoms with van der Waals surface area (Å²) in [7, 11) is 1.78. The number of carbonyl (C=O) groups excluding carboxylic acids is 3. The summed E-state index contributed by atoms with van der Waals surface area (Å²) in [4.78, 5) is 39.8. The highest BCUT2D eigenvalue weighted by atomic mass is 16.2. The molecule has 2 aliphatic heterocycles. The molecule has 6 heteroatoms. The predicted molar refractivity (Wildman–Crippen MR) is 95.3 cm³/mol. The van der Waals surface area contributed by atoms with Crippen LogP contribution in [-0.2, 0) is 14.4 Å². The summed E-state index contributed by atoms with van der Waals surface area (Å²) in [6, 6.07) is 7.80. The number of likely N-dealkylation sites (tertiary alicyclic amines) is 1. The molecule has 25 heavy (non-hydrogen) atoms. The maximum Gasteiger partial charge on any atom is 0.239 e. The van der Waals surface area contributed by atoms with Gasteiger partial charge in [0.25, 0.3) is 0 Å². The van der Waals surface area contributed by atoms with Crippen LogP contribution in [0.4, 0.5) is 5.69 Å². The Morgan fingerprint density at radius 2 is 1.96 bits per heavy atom. The molecule has 1 aromatic rings. The molecule has 1 fully saturated rings. The molecule has 1 saturated heterocycles. The first kappa shape index (κ1) is 17.5. The number of hydrogen-bond acceptors (Lipinski definition) is 3. The lowest BCUT2D eigenvalue weighted by Gasteiger charge is -2.31. The first-order valence-electron chi connectivity index (χ1n) is 8.96. The third-order valence-electron chi connectivity index (χ3n) is 5.08. The van der Waals surface area contributed by atoms with Crippen molar-refractivity contribution in [3.05, 3.63) is 29.8 Å². The number of rotatable bonds is 4. The standard InChI is InChI=1S/C19H25N3O3/c1-21-16-8-5-4-7-15(16)14(11-19(21)25)12-20-17(23)13-22-10-6-2-3-9-18(22)24/h4-5,7-8,14H,2-3,6,9-13H2,1H3,(H,20,23)/t14-/m1/s1. The summed E-state index contributed by atoms with van der Waals surface area (Å²) in [6.45, 7) is 1.18. The molecule has 0 radical (unpaired) electrons. The van der Waals surface area contributed by atoms with Crippen LogP contribution in [0.25, 0.3) is 0 Å². The smallest absolute Gasteiger partial charge is 0.239 e. The fraction of sp³-hybridized carbons (Fsp3) is 0.526. The van der Waals surface area contributed by atoms with E-state index in [1.54, 1.807) is 16.8 Å². The Bertz CT molecular complexity index is 674. The number of nitrogens with zero attached hydrogens (tertiary/aromatic N) is 2. The van der Waals surface area contributed by atoms with E-state index < -0.39 is 0 Å². The van der Waals surface area contributed by atoms with Gasteiger partial charge in [-0.2, -0.15) is 0 Å². The SMILES string of the molecule is CN1C(=O)C[C@H](CNC(=O)CN2CCCCCC2=O)c2ccccc21. The highest BCUT2D eigenvalue weighted by Crippen LogP contribution is 2.34. The second-order valence-corrected chi connectivity index (χ2v) is 6.84. The predicted octanol–water partition coefficient (Wildman–Crippen LogP) is 1.66. The van der Waals surface area contributed by atoms with Gasteiger partial charge in [-0.3, -0.25) is 14.4 Å². The quantitative estimate of drug-likeness (QED) is 0.904. The van der Waals surface area contributed by atoms with Crippen LogP contribution >= 0.6 is 0 Å². The molecule has 0 saturated carbocycles. The summed E-state index contributed by atoms with van der Waals surface area (Å²) >= 11 is 0. The normalized spacial score (nSPS) is 20.9. The minimum absolute atomic E-state index is 0.0244. The van der Waals surface area contributed by atoms with Gasteiger partial charge in [-0.25, -0.2) is 0 Å². The highest BCUT2D eigenvalue weighted by Gasteiger charge is 2.29. The third kappa shape index (κ3) is 4.00. The van der Waals surface area contributed by atoms with Crippen molar-refractivity contribution >= 4 is 23.4 Å². The highest BCUT2D eigenvalue weighted by molar-refractivity contribution is 5.96. The Hall–Kier alpha value is -2.37. The molecule has 2 heterocycles. The number of carbonyl (C=O) groups is 3. The average Bonchev–Trinajstić information content (AvgIpc) is 2.81. The van der Waals surface area contributed by atoms with Gasteiger partial charge in [-0.1, -0.05) is 24.6 Å². The van der Waals surface area contributed by atoms with Crippen molar-refractivity contribution in [1.82, 2.24) is 10.2 Å². The Kier molecular flexibility index (Phi) is 5.36. The molecule has 6 nitrogen and oxygen atoms in total. The Labute approximate surface area is 148 Å². The lowest BCUT2D eigenvalue weighted by molar-refractivity contribution is -0.135. The Morgan fingerprint density at radius 3 is 2.80 bits per heavy atom. The van der Waals surface area contributed by atoms with E-state index in [0.29, 0.717) is 25.9 Å².